The Balaban J connectivity index is 2.04. The average molecular weight is 280 g/mol. The highest BCUT2D eigenvalue weighted by molar-refractivity contribution is 9.10. The minimum absolute atomic E-state index is 0.410. The Kier molecular flexibility index (Phi) is 2.19. The molecule has 0 bridgehead atoms. The first kappa shape index (κ1) is 10.1. The van der Waals surface area contributed by atoms with Gasteiger partial charge in [0.25, 0.3) is 0 Å². The molecule has 2 aliphatic carbocycles. The Labute approximate surface area is 101 Å². The van der Waals surface area contributed by atoms with Crippen LogP contribution in [0.25, 0.3) is 0 Å². The maximum Gasteiger partial charge on any atom is 0.235 e. The van der Waals surface area contributed by atoms with Crippen molar-refractivity contribution in [3.05, 3.63) is 22.2 Å². The summed E-state index contributed by atoms with van der Waals surface area (Å²) in [5.41, 5.74) is 0.445. The Bertz CT molecular complexity index is 488. The minimum atomic E-state index is -0.410. The molecular formula is C11H10BrN3O. The first-order valence-corrected chi connectivity index (χ1v) is 6.16. The molecule has 1 heterocycles. The molecule has 82 valence electrons. The van der Waals surface area contributed by atoms with Crippen molar-refractivity contribution in [2.24, 2.45) is 4.99 Å². The summed E-state index contributed by atoms with van der Waals surface area (Å²) in [4.78, 5) is 23.2. The third-order valence-electron chi connectivity index (χ3n) is 3.13. The van der Waals surface area contributed by atoms with Crippen LogP contribution in [-0.2, 0) is 10.3 Å². The summed E-state index contributed by atoms with van der Waals surface area (Å²) in [6, 6.07) is 0. The topological polar surface area (TPSA) is 55.2 Å². The van der Waals surface area contributed by atoms with Crippen LogP contribution in [-0.4, -0.2) is 16.0 Å². The monoisotopic (exact) mass is 279 g/mol. The fraction of sp³-hybridized carbons (Fsp3) is 0.545. The number of aromatic nitrogens is 2. The molecule has 0 unspecified atom stereocenters. The quantitative estimate of drug-likeness (QED) is 0.631. The van der Waals surface area contributed by atoms with Gasteiger partial charge in [0, 0.05) is 12.1 Å². The molecule has 0 atom stereocenters. The van der Waals surface area contributed by atoms with Crippen LogP contribution < -0.4 is 0 Å². The zero-order chi connectivity index (χ0) is 11.2. The van der Waals surface area contributed by atoms with Crippen molar-refractivity contribution in [3.63, 3.8) is 0 Å². The number of nitrogens with zero attached hydrogens (tertiary/aromatic N) is 3. The lowest BCUT2D eigenvalue weighted by molar-refractivity contribution is 0.554. The summed E-state index contributed by atoms with van der Waals surface area (Å²) in [6.45, 7) is 0. The fourth-order valence-electron chi connectivity index (χ4n) is 1.85. The first-order valence-electron chi connectivity index (χ1n) is 5.37. The number of aliphatic imine (C=N–C) groups is 1. The van der Waals surface area contributed by atoms with Crippen LogP contribution in [0.15, 0.2) is 15.7 Å². The molecule has 16 heavy (non-hydrogen) atoms. The van der Waals surface area contributed by atoms with E-state index in [9.17, 15) is 4.79 Å². The van der Waals surface area contributed by atoms with E-state index in [4.69, 9.17) is 0 Å². The molecule has 0 aliphatic heterocycles. The third kappa shape index (κ3) is 1.60. The predicted octanol–water partition coefficient (Wildman–Crippen LogP) is 2.44. The SMILES string of the molecule is O=C=NC1(c2nc(C3CC3)ncc2Br)CC1. The van der Waals surface area contributed by atoms with E-state index in [1.165, 1.54) is 12.8 Å². The van der Waals surface area contributed by atoms with E-state index < -0.39 is 5.54 Å². The lowest BCUT2D eigenvalue weighted by Crippen LogP contribution is -2.09. The largest absolute Gasteiger partial charge is 0.240 e. The van der Waals surface area contributed by atoms with Gasteiger partial charge in [0.15, 0.2) is 0 Å². The van der Waals surface area contributed by atoms with E-state index >= 15 is 0 Å². The van der Waals surface area contributed by atoms with E-state index in [0.29, 0.717) is 5.92 Å². The predicted molar refractivity (Wildman–Crippen MR) is 60.7 cm³/mol. The van der Waals surface area contributed by atoms with Crippen LogP contribution in [0.1, 0.15) is 43.1 Å². The van der Waals surface area contributed by atoms with Crippen LogP contribution in [0, 0.1) is 0 Å². The molecule has 2 saturated carbocycles. The molecule has 2 fully saturated rings. The number of isocyanates is 1. The van der Waals surface area contributed by atoms with Crippen molar-refractivity contribution in [1.29, 1.82) is 0 Å². The molecule has 0 aromatic carbocycles. The molecule has 1 aromatic rings. The van der Waals surface area contributed by atoms with Crippen molar-refractivity contribution < 1.29 is 4.79 Å². The Morgan fingerprint density at radius 2 is 2.25 bits per heavy atom. The van der Waals surface area contributed by atoms with E-state index in [0.717, 1.165) is 28.8 Å². The summed E-state index contributed by atoms with van der Waals surface area (Å²) >= 11 is 3.43. The first-order chi connectivity index (χ1) is 7.75. The summed E-state index contributed by atoms with van der Waals surface area (Å²) < 4.78 is 0.841. The molecule has 2 aliphatic rings. The van der Waals surface area contributed by atoms with Gasteiger partial charge in [0.2, 0.25) is 6.08 Å². The molecule has 5 heteroatoms. The lowest BCUT2D eigenvalue weighted by atomic mass is 10.2. The lowest BCUT2D eigenvalue weighted by Gasteiger charge is -2.10. The smallest absolute Gasteiger partial charge is 0.235 e. The number of halogens is 1. The second-order valence-corrected chi connectivity index (χ2v) is 5.29. The molecule has 0 N–H and O–H groups in total. The summed E-state index contributed by atoms with van der Waals surface area (Å²) in [7, 11) is 0. The second-order valence-electron chi connectivity index (χ2n) is 4.43. The van der Waals surface area contributed by atoms with Crippen molar-refractivity contribution in [3.8, 4) is 0 Å². The van der Waals surface area contributed by atoms with Crippen LogP contribution in [0.5, 0.6) is 0 Å². The van der Waals surface area contributed by atoms with E-state index in [1.807, 2.05) is 0 Å². The summed E-state index contributed by atoms with van der Waals surface area (Å²) in [5, 5.41) is 0. The minimum Gasteiger partial charge on any atom is -0.240 e. The highest BCUT2D eigenvalue weighted by Gasteiger charge is 2.48. The van der Waals surface area contributed by atoms with Crippen molar-refractivity contribution in [2.75, 3.05) is 0 Å². The van der Waals surface area contributed by atoms with Gasteiger partial charge in [-0.15, -0.1) is 0 Å². The zero-order valence-electron chi connectivity index (χ0n) is 8.61. The standard InChI is InChI=1S/C11H10BrN3O/c12-8-5-13-10(7-1-2-7)15-9(8)11(3-4-11)14-6-16/h5,7H,1-4H2. The van der Waals surface area contributed by atoms with Gasteiger partial charge in [-0.05, 0) is 41.6 Å². The van der Waals surface area contributed by atoms with Crippen molar-refractivity contribution >= 4 is 22.0 Å². The van der Waals surface area contributed by atoms with Crippen LogP contribution >= 0.6 is 15.9 Å². The molecule has 0 radical (unpaired) electrons. The Morgan fingerprint density at radius 3 is 2.81 bits per heavy atom. The third-order valence-corrected chi connectivity index (χ3v) is 3.71. The van der Waals surface area contributed by atoms with Crippen LogP contribution in [0.3, 0.4) is 0 Å². The van der Waals surface area contributed by atoms with E-state index in [1.54, 1.807) is 12.3 Å². The van der Waals surface area contributed by atoms with Gasteiger partial charge in [0.1, 0.15) is 11.4 Å². The van der Waals surface area contributed by atoms with E-state index in [-0.39, 0.29) is 0 Å². The zero-order valence-corrected chi connectivity index (χ0v) is 10.2. The van der Waals surface area contributed by atoms with Crippen molar-refractivity contribution in [2.45, 2.75) is 37.1 Å². The number of rotatable bonds is 3. The molecule has 1 aromatic heterocycles. The fourth-order valence-corrected chi connectivity index (χ4v) is 2.41. The Morgan fingerprint density at radius 1 is 1.50 bits per heavy atom. The molecule has 0 spiro atoms. The molecular weight excluding hydrogens is 270 g/mol. The van der Waals surface area contributed by atoms with Gasteiger partial charge >= 0.3 is 0 Å². The molecule has 0 amide bonds. The van der Waals surface area contributed by atoms with Gasteiger partial charge in [0.05, 0.1) is 10.2 Å². The normalized spacial score (nSPS) is 21.3. The summed E-state index contributed by atoms with van der Waals surface area (Å²) in [5.74, 6) is 1.41. The average Bonchev–Trinajstić information content (AvgIpc) is 3.13. The van der Waals surface area contributed by atoms with Crippen LogP contribution in [0.4, 0.5) is 0 Å². The Hall–Kier alpha value is -1.06. The van der Waals surface area contributed by atoms with Gasteiger partial charge in [-0.25, -0.2) is 14.8 Å². The van der Waals surface area contributed by atoms with E-state index in [2.05, 4.69) is 30.9 Å². The summed E-state index contributed by atoms with van der Waals surface area (Å²) in [6.07, 6.45) is 7.53. The highest BCUT2D eigenvalue weighted by Crippen LogP contribution is 2.51. The maximum atomic E-state index is 10.4. The highest BCUT2D eigenvalue weighted by atomic mass is 79.9. The van der Waals surface area contributed by atoms with Crippen LogP contribution in [0.2, 0.25) is 0 Å². The van der Waals surface area contributed by atoms with Gasteiger partial charge < -0.3 is 0 Å². The van der Waals surface area contributed by atoms with Gasteiger partial charge in [-0.3, -0.25) is 0 Å². The van der Waals surface area contributed by atoms with Crippen molar-refractivity contribution in [1.82, 2.24) is 9.97 Å². The second kappa shape index (κ2) is 3.47. The maximum absolute atomic E-state index is 10.4. The number of hydrogen-bond donors (Lipinski definition) is 0. The van der Waals surface area contributed by atoms with Gasteiger partial charge in [-0.2, -0.15) is 4.99 Å². The number of carbonyl (C=O) groups excluding carboxylic acids is 1. The molecule has 0 saturated heterocycles. The molecule has 4 nitrogen and oxygen atoms in total. The number of hydrogen-bond acceptors (Lipinski definition) is 4. The van der Waals surface area contributed by atoms with Gasteiger partial charge in [-0.1, -0.05) is 0 Å². The molecule has 3 rings (SSSR count).